The molecule has 334 valence electrons. The van der Waals surface area contributed by atoms with Crippen LogP contribution in [0.5, 0.6) is 0 Å². The quantitative estimate of drug-likeness (QED) is 0.160. The van der Waals surface area contributed by atoms with Gasteiger partial charge in [-0.05, 0) is 83.2 Å². The Morgan fingerprint density at radius 3 is 0.915 bits per heavy atom. The van der Waals surface area contributed by atoms with E-state index in [-0.39, 0.29) is 0 Å². The number of rotatable bonds is 7. The van der Waals surface area contributed by atoms with Crippen molar-refractivity contribution in [2.45, 2.75) is 9.79 Å². The molecule has 15 rings (SSSR count). The van der Waals surface area contributed by atoms with E-state index in [1.807, 2.05) is 0 Å². The fourth-order valence-corrected chi connectivity index (χ4v) is 15.5. The number of para-hydroxylation sites is 8. The Morgan fingerprint density at radius 2 is 0.549 bits per heavy atom. The molecule has 0 unspecified atom stereocenters. The van der Waals surface area contributed by atoms with Crippen molar-refractivity contribution in [2.24, 2.45) is 0 Å². The molecule has 10 aromatic carbocycles. The first kappa shape index (κ1) is 39.7. The minimum Gasteiger partial charge on any atom is -0.278 e. The molecule has 8 heteroatoms. The highest BCUT2D eigenvalue weighted by atomic mass is 32.3. The Labute approximate surface area is 409 Å². The maximum atomic E-state index is 5.56. The van der Waals surface area contributed by atoms with Crippen LogP contribution in [0.2, 0.25) is 0 Å². The van der Waals surface area contributed by atoms with Gasteiger partial charge >= 0.3 is 0 Å². The maximum Gasteiger partial charge on any atom is 0.240 e. The lowest BCUT2D eigenvalue weighted by Gasteiger charge is -2.45. The van der Waals surface area contributed by atoms with Crippen LogP contribution in [0.15, 0.2) is 259 Å². The Morgan fingerprint density at radius 1 is 0.254 bits per heavy atom. The molecule has 15 aromatic rings. The molecular formula is C63H41N7S. The highest BCUT2D eigenvalue weighted by Gasteiger charge is 2.39. The maximum absolute atomic E-state index is 5.56. The lowest BCUT2D eigenvalue weighted by Crippen LogP contribution is -2.20. The summed E-state index contributed by atoms with van der Waals surface area (Å²) in [6.45, 7) is 0. The number of nitrogens with zero attached hydrogens (tertiary/aromatic N) is 7. The van der Waals surface area contributed by atoms with Crippen LogP contribution < -0.4 is 0 Å². The van der Waals surface area contributed by atoms with Crippen molar-refractivity contribution >= 4 is 97.6 Å². The predicted octanol–water partition coefficient (Wildman–Crippen LogP) is 16.1. The van der Waals surface area contributed by atoms with Gasteiger partial charge in [-0.25, -0.2) is 0 Å². The van der Waals surface area contributed by atoms with Crippen LogP contribution in [-0.2, 0) is 0 Å². The predicted molar refractivity (Wildman–Crippen MR) is 294 cm³/mol. The van der Waals surface area contributed by atoms with Gasteiger partial charge in [0.15, 0.2) is 5.82 Å². The number of fused-ring (bicyclic) bond motifs is 12. The third kappa shape index (κ3) is 5.65. The molecule has 0 saturated heterocycles. The van der Waals surface area contributed by atoms with Crippen LogP contribution in [0.4, 0.5) is 0 Å². The molecule has 0 aliphatic carbocycles. The zero-order valence-electron chi connectivity index (χ0n) is 38.2. The molecular weight excluding hydrogens is 887 g/mol. The number of aromatic nitrogens is 7. The smallest absolute Gasteiger partial charge is 0.240 e. The SMILES string of the molecule is c1ccc(S(c2cccc(-c3nc(-n4c5ccccc5c5ccccc54)nc(-n4c5ccccc5c5ccccc54)n3)c2)(n2c3ccccc3c3ccccc32)n2c3ccccc3c3ccccc32)cc1. The summed E-state index contributed by atoms with van der Waals surface area (Å²) in [5, 5.41) is 9.37. The molecule has 5 aromatic heterocycles. The second-order valence-corrected chi connectivity index (χ2v) is 20.8. The van der Waals surface area contributed by atoms with E-state index < -0.39 is 10.4 Å². The van der Waals surface area contributed by atoms with Crippen LogP contribution in [-0.4, -0.2) is 32.0 Å². The van der Waals surface area contributed by atoms with Crippen molar-refractivity contribution in [1.82, 2.24) is 32.0 Å². The van der Waals surface area contributed by atoms with Gasteiger partial charge < -0.3 is 0 Å². The topological polar surface area (TPSA) is 58.4 Å². The number of hydrogen-bond acceptors (Lipinski definition) is 3. The third-order valence-electron chi connectivity index (χ3n) is 14.3. The van der Waals surface area contributed by atoms with E-state index in [1.165, 1.54) is 26.4 Å². The van der Waals surface area contributed by atoms with Gasteiger partial charge in [0.05, 0.1) is 44.1 Å². The Balaban J connectivity index is 1.09. The van der Waals surface area contributed by atoms with Crippen LogP contribution >= 0.6 is 10.4 Å². The van der Waals surface area contributed by atoms with E-state index in [4.69, 9.17) is 15.0 Å². The molecule has 0 spiro atoms. The van der Waals surface area contributed by atoms with Crippen LogP contribution in [0, 0.1) is 0 Å². The van der Waals surface area contributed by atoms with Crippen molar-refractivity contribution in [3.63, 3.8) is 0 Å². The van der Waals surface area contributed by atoms with E-state index in [2.05, 4.69) is 266 Å². The van der Waals surface area contributed by atoms with E-state index in [0.29, 0.717) is 17.7 Å². The molecule has 71 heavy (non-hydrogen) atoms. The fraction of sp³-hybridized carbons (Fsp3) is 0. The molecule has 7 nitrogen and oxygen atoms in total. The number of hydrogen-bond donors (Lipinski definition) is 0. The van der Waals surface area contributed by atoms with Gasteiger partial charge in [0, 0.05) is 58.4 Å². The normalized spacial score (nSPS) is 12.5. The Kier molecular flexibility index (Phi) is 8.61. The molecule has 0 bridgehead atoms. The largest absolute Gasteiger partial charge is 0.278 e. The summed E-state index contributed by atoms with van der Waals surface area (Å²) in [6, 6.07) is 89.9. The van der Waals surface area contributed by atoms with E-state index >= 15 is 0 Å². The highest BCUT2D eigenvalue weighted by Crippen LogP contribution is 2.69. The first-order chi connectivity index (χ1) is 35.3. The second-order valence-electron chi connectivity index (χ2n) is 18.0. The van der Waals surface area contributed by atoms with Crippen molar-refractivity contribution in [2.75, 3.05) is 0 Å². The average molecular weight is 928 g/mol. The van der Waals surface area contributed by atoms with Crippen LogP contribution in [0.25, 0.3) is 111 Å². The summed E-state index contributed by atoms with van der Waals surface area (Å²) in [4.78, 5) is 18.9. The van der Waals surface area contributed by atoms with Crippen LogP contribution in [0.1, 0.15) is 0 Å². The molecule has 0 aliphatic heterocycles. The standard InChI is InChI=1S/C63H41N7S/c1-2-22-43(23-3-1)71(69-57-37-16-8-29-49(57)50-30-9-17-38-58(50)69,70-59-39-18-10-31-51(59)52-32-11-19-40-60(52)70)44-24-20-21-42(41-44)61-64-62(67-53-33-12-4-25-45(53)46-26-5-13-34-54(46)67)66-63(65-61)68-55-35-14-6-27-47(55)48-28-7-15-36-56(48)68/h1-41H. The molecule has 0 radical (unpaired) electrons. The molecule has 0 fully saturated rings. The van der Waals surface area contributed by atoms with Crippen molar-refractivity contribution in [1.29, 1.82) is 0 Å². The summed E-state index contributed by atoms with van der Waals surface area (Å²) in [5.41, 5.74) is 9.60. The van der Waals surface area contributed by atoms with Gasteiger partial charge in [0.2, 0.25) is 11.9 Å². The summed E-state index contributed by atoms with van der Waals surface area (Å²) in [7, 11) is -2.53. The van der Waals surface area contributed by atoms with Crippen LogP contribution in [0.3, 0.4) is 0 Å². The minimum atomic E-state index is -2.53. The zero-order chi connectivity index (χ0) is 46.6. The first-order valence-electron chi connectivity index (χ1n) is 24.0. The average Bonchev–Trinajstić information content (AvgIpc) is 4.18. The van der Waals surface area contributed by atoms with E-state index in [1.54, 1.807) is 0 Å². The molecule has 0 saturated carbocycles. The summed E-state index contributed by atoms with van der Waals surface area (Å²) in [6.07, 6.45) is 0. The highest BCUT2D eigenvalue weighted by molar-refractivity contribution is 8.31. The van der Waals surface area contributed by atoms with E-state index in [9.17, 15) is 0 Å². The third-order valence-corrected chi connectivity index (χ3v) is 17.9. The van der Waals surface area contributed by atoms with Gasteiger partial charge in [0.1, 0.15) is 0 Å². The minimum absolute atomic E-state index is 0.543. The lowest BCUT2D eigenvalue weighted by atomic mass is 10.2. The second kappa shape index (κ2) is 15.4. The monoisotopic (exact) mass is 927 g/mol. The van der Waals surface area contributed by atoms with Gasteiger partial charge in [-0.1, -0.05) is 176 Å². The molecule has 0 atom stereocenters. The summed E-state index contributed by atoms with van der Waals surface area (Å²) >= 11 is 0. The Bertz CT molecular complexity index is 4160. The summed E-state index contributed by atoms with van der Waals surface area (Å²) < 4.78 is 9.72. The van der Waals surface area contributed by atoms with Gasteiger partial charge in [-0.3, -0.25) is 17.1 Å². The van der Waals surface area contributed by atoms with Gasteiger partial charge in [-0.15, -0.1) is 0 Å². The first-order valence-corrected chi connectivity index (χ1v) is 25.5. The molecule has 0 amide bonds. The van der Waals surface area contributed by atoms with E-state index in [0.717, 1.165) is 76.1 Å². The Hall–Kier alpha value is -9.24. The fourth-order valence-electron chi connectivity index (χ4n) is 11.4. The van der Waals surface area contributed by atoms with Gasteiger partial charge in [-0.2, -0.15) is 15.0 Å². The number of benzene rings is 10. The zero-order valence-corrected chi connectivity index (χ0v) is 39.0. The molecule has 5 heterocycles. The van der Waals surface area contributed by atoms with Crippen molar-refractivity contribution in [3.05, 3.63) is 249 Å². The molecule has 0 aliphatic rings. The summed E-state index contributed by atoms with van der Waals surface area (Å²) in [5.74, 6) is 1.66. The lowest BCUT2D eigenvalue weighted by molar-refractivity contribution is 0.892. The van der Waals surface area contributed by atoms with Crippen molar-refractivity contribution < 1.29 is 0 Å². The van der Waals surface area contributed by atoms with Crippen molar-refractivity contribution in [3.8, 4) is 23.3 Å². The van der Waals surface area contributed by atoms with Gasteiger partial charge in [0.25, 0.3) is 0 Å². The molecule has 0 N–H and O–H groups in total.